The smallest absolute Gasteiger partial charge is 0.257 e. The van der Waals surface area contributed by atoms with Crippen LogP contribution in [0.3, 0.4) is 0 Å². The molecule has 0 spiro atoms. The van der Waals surface area contributed by atoms with E-state index in [9.17, 15) is 4.79 Å². The Kier molecular flexibility index (Phi) is 5.24. The van der Waals surface area contributed by atoms with Gasteiger partial charge in [0.25, 0.3) is 5.91 Å². The summed E-state index contributed by atoms with van der Waals surface area (Å²) in [6, 6.07) is 16.7. The van der Waals surface area contributed by atoms with Crippen LogP contribution in [-0.2, 0) is 19.5 Å². The van der Waals surface area contributed by atoms with Gasteiger partial charge in [-0.2, -0.15) is 5.10 Å². The normalized spacial score (nSPS) is 16.3. The van der Waals surface area contributed by atoms with E-state index in [1.807, 2.05) is 34.0 Å². The van der Waals surface area contributed by atoms with Gasteiger partial charge < -0.3 is 9.64 Å². The molecule has 6 heteroatoms. The van der Waals surface area contributed by atoms with Crippen molar-refractivity contribution in [3.8, 4) is 5.75 Å². The third-order valence-electron chi connectivity index (χ3n) is 5.89. The Hall–Kier alpha value is -3.12. The predicted molar refractivity (Wildman–Crippen MR) is 115 cm³/mol. The van der Waals surface area contributed by atoms with Crippen LogP contribution in [0.5, 0.6) is 5.75 Å². The summed E-state index contributed by atoms with van der Waals surface area (Å²) in [7, 11) is 0. The van der Waals surface area contributed by atoms with E-state index in [1.165, 1.54) is 16.7 Å². The first-order chi connectivity index (χ1) is 14.7. The van der Waals surface area contributed by atoms with E-state index in [1.54, 1.807) is 6.20 Å². The lowest BCUT2D eigenvalue weighted by molar-refractivity contribution is 0.0628. The zero-order valence-corrected chi connectivity index (χ0v) is 17.0. The molecule has 1 saturated heterocycles. The highest BCUT2D eigenvalue weighted by atomic mass is 16.5. The van der Waals surface area contributed by atoms with Crippen LogP contribution in [0, 0.1) is 0 Å². The Morgan fingerprint density at radius 3 is 2.63 bits per heavy atom. The highest BCUT2D eigenvalue weighted by molar-refractivity contribution is 5.93. The quantitative estimate of drug-likeness (QED) is 0.659. The van der Waals surface area contributed by atoms with Gasteiger partial charge in [-0.25, -0.2) is 0 Å². The molecule has 0 unspecified atom stereocenters. The Bertz CT molecular complexity index is 1020. The van der Waals surface area contributed by atoms with Gasteiger partial charge in [-0.3, -0.25) is 14.4 Å². The predicted octanol–water partition coefficient (Wildman–Crippen LogP) is 2.82. The minimum atomic E-state index is 0.0728. The number of aromatic nitrogens is 2. The van der Waals surface area contributed by atoms with E-state index in [2.05, 4.69) is 40.3 Å². The van der Waals surface area contributed by atoms with Crippen LogP contribution in [0.1, 0.15) is 27.0 Å². The summed E-state index contributed by atoms with van der Waals surface area (Å²) in [5.74, 6) is 1.10. The highest BCUT2D eigenvalue weighted by Crippen LogP contribution is 2.26. The summed E-state index contributed by atoms with van der Waals surface area (Å²) in [6.07, 6.45) is 4.54. The van der Waals surface area contributed by atoms with Crippen molar-refractivity contribution in [3.05, 3.63) is 83.2 Å². The number of hydrogen-bond donors (Lipinski definition) is 0. The summed E-state index contributed by atoms with van der Waals surface area (Å²) < 4.78 is 7.43. The second-order valence-corrected chi connectivity index (χ2v) is 8.02. The number of carbonyl (C=O) groups excluding carboxylic acids is 1. The van der Waals surface area contributed by atoms with Gasteiger partial charge in [0.05, 0.1) is 24.9 Å². The van der Waals surface area contributed by atoms with Crippen molar-refractivity contribution in [1.29, 1.82) is 0 Å². The van der Waals surface area contributed by atoms with Crippen LogP contribution in [0.15, 0.2) is 60.9 Å². The summed E-state index contributed by atoms with van der Waals surface area (Å²) in [5, 5.41) is 4.38. The van der Waals surface area contributed by atoms with Gasteiger partial charge in [0, 0.05) is 45.3 Å². The summed E-state index contributed by atoms with van der Waals surface area (Å²) in [5.41, 5.74) is 4.47. The lowest BCUT2D eigenvalue weighted by Gasteiger charge is -2.34. The molecule has 0 radical (unpaired) electrons. The molecule has 0 saturated carbocycles. The zero-order valence-electron chi connectivity index (χ0n) is 17.0. The number of carbonyl (C=O) groups is 1. The molecular formula is C24H26N4O2. The van der Waals surface area contributed by atoms with Crippen molar-refractivity contribution in [3.63, 3.8) is 0 Å². The van der Waals surface area contributed by atoms with Crippen LogP contribution < -0.4 is 4.74 Å². The van der Waals surface area contributed by atoms with E-state index in [-0.39, 0.29) is 5.91 Å². The Morgan fingerprint density at radius 1 is 0.967 bits per heavy atom. The van der Waals surface area contributed by atoms with E-state index >= 15 is 0 Å². The Morgan fingerprint density at radius 2 is 1.80 bits per heavy atom. The van der Waals surface area contributed by atoms with Gasteiger partial charge in [-0.05, 0) is 22.8 Å². The SMILES string of the molecule is O=C(c1cnn(Cc2ccccc2)c1)N1CCN(Cc2ccc3c(c2)CCO3)CC1. The topological polar surface area (TPSA) is 50.6 Å². The maximum Gasteiger partial charge on any atom is 0.257 e. The van der Waals surface area contributed by atoms with Crippen LogP contribution in [-0.4, -0.2) is 58.3 Å². The van der Waals surface area contributed by atoms with Crippen LogP contribution >= 0.6 is 0 Å². The second kappa shape index (κ2) is 8.32. The molecule has 0 aliphatic carbocycles. The van der Waals surface area contributed by atoms with Gasteiger partial charge in [-0.15, -0.1) is 0 Å². The summed E-state index contributed by atoms with van der Waals surface area (Å²) in [6.45, 7) is 5.65. The molecule has 0 N–H and O–H groups in total. The van der Waals surface area contributed by atoms with Crippen molar-refractivity contribution in [2.24, 2.45) is 0 Å². The van der Waals surface area contributed by atoms with Crippen molar-refractivity contribution in [1.82, 2.24) is 19.6 Å². The lowest BCUT2D eigenvalue weighted by atomic mass is 10.1. The molecular weight excluding hydrogens is 376 g/mol. The molecule has 2 aliphatic heterocycles. The molecule has 1 amide bonds. The molecule has 154 valence electrons. The molecule has 0 atom stereocenters. The van der Waals surface area contributed by atoms with Gasteiger partial charge in [-0.1, -0.05) is 42.5 Å². The first-order valence-corrected chi connectivity index (χ1v) is 10.6. The number of hydrogen-bond acceptors (Lipinski definition) is 4. The standard InChI is InChI=1S/C24H26N4O2/c29-24(22-15-25-28(18-22)17-19-4-2-1-3-5-19)27-11-9-26(10-12-27)16-20-6-7-23-21(14-20)8-13-30-23/h1-7,14-15,18H,8-13,16-17H2. The van der Waals surface area contributed by atoms with Crippen molar-refractivity contribution in [2.75, 3.05) is 32.8 Å². The van der Waals surface area contributed by atoms with Crippen LogP contribution in [0.25, 0.3) is 0 Å². The minimum Gasteiger partial charge on any atom is -0.493 e. The molecule has 0 bridgehead atoms. The fraction of sp³-hybridized carbons (Fsp3) is 0.333. The maximum absolute atomic E-state index is 12.9. The molecule has 1 fully saturated rings. The number of piperazine rings is 1. The largest absolute Gasteiger partial charge is 0.493 e. The molecule has 1 aromatic heterocycles. The number of amides is 1. The van der Waals surface area contributed by atoms with E-state index in [4.69, 9.17) is 4.74 Å². The van der Waals surface area contributed by atoms with Gasteiger partial charge in [0.1, 0.15) is 5.75 Å². The second-order valence-electron chi connectivity index (χ2n) is 8.02. The van der Waals surface area contributed by atoms with E-state index in [0.29, 0.717) is 12.1 Å². The van der Waals surface area contributed by atoms with Gasteiger partial charge in [0.15, 0.2) is 0 Å². The lowest BCUT2D eigenvalue weighted by Crippen LogP contribution is -2.48. The Balaban J connectivity index is 1.15. The molecule has 6 nitrogen and oxygen atoms in total. The fourth-order valence-electron chi connectivity index (χ4n) is 4.22. The average molecular weight is 402 g/mol. The van der Waals surface area contributed by atoms with Crippen molar-refractivity contribution >= 4 is 5.91 Å². The van der Waals surface area contributed by atoms with Gasteiger partial charge in [0.2, 0.25) is 0 Å². The Labute approximate surface area is 176 Å². The van der Waals surface area contributed by atoms with Crippen molar-refractivity contribution in [2.45, 2.75) is 19.5 Å². The molecule has 3 heterocycles. The first kappa shape index (κ1) is 18.9. The third kappa shape index (κ3) is 4.09. The molecule has 2 aliphatic rings. The number of rotatable bonds is 5. The number of benzene rings is 2. The number of ether oxygens (including phenoxy) is 1. The number of nitrogens with zero attached hydrogens (tertiary/aromatic N) is 4. The fourth-order valence-corrected chi connectivity index (χ4v) is 4.22. The van der Waals surface area contributed by atoms with Crippen molar-refractivity contribution < 1.29 is 9.53 Å². The van der Waals surface area contributed by atoms with Crippen LogP contribution in [0.2, 0.25) is 0 Å². The van der Waals surface area contributed by atoms with Gasteiger partial charge >= 0.3 is 0 Å². The summed E-state index contributed by atoms with van der Waals surface area (Å²) >= 11 is 0. The molecule has 3 aromatic rings. The number of fused-ring (bicyclic) bond motifs is 1. The van der Waals surface area contributed by atoms with Crippen LogP contribution in [0.4, 0.5) is 0 Å². The molecule has 30 heavy (non-hydrogen) atoms. The summed E-state index contributed by atoms with van der Waals surface area (Å²) in [4.78, 5) is 17.3. The highest BCUT2D eigenvalue weighted by Gasteiger charge is 2.23. The third-order valence-corrected chi connectivity index (χ3v) is 5.89. The average Bonchev–Trinajstić information content (AvgIpc) is 3.44. The monoisotopic (exact) mass is 402 g/mol. The molecule has 5 rings (SSSR count). The van der Waals surface area contributed by atoms with E-state index in [0.717, 1.165) is 51.5 Å². The minimum absolute atomic E-state index is 0.0728. The first-order valence-electron chi connectivity index (χ1n) is 10.6. The maximum atomic E-state index is 12.9. The molecule has 2 aromatic carbocycles. The van der Waals surface area contributed by atoms with E-state index < -0.39 is 0 Å². The zero-order chi connectivity index (χ0) is 20.3.